The normalized spacial score (nSPS) is 18.9. The Kier molecular flexibility index (Phi) is 2.98. The molecule has 2 amide bonds. The fourth-order valence-corrected chi connectivity index (χ4v) is 2.16. The number of anilines is 1. The van der Waals surface area contributed by atoms with Crippen LogP contribution in [0.15, 0.2) is 30.3 Å². The SMILES string of the molecule is CC1(C)CN(c2ccccc2)C(=O)CN1C(=O)O. The molecule has 0 aliphatic carbocycles. The van der Waals surface area contributed by atoms with Crippen LogP contribution in [-0.4, -0.2) is 40.6 Å². The van der Waals surface area contributed by atoms with Gasteiger partial charge in [0.15, 0.2) is 0 Å². The number of carbonyl (C=O) groups excluding carboxylic acids is 1. The van der Waals surface area contributed by atoms with Crippen LogP contribution in [0.4, 0.5) is 10.5 Å². The molecular formula is C13H16N2O3. The highest BCUT2D eigenvalue weighted by molar-refractivity contribution is 5.97. The van der Waals surface area contributed by atoms with Crippen molar-refractivity contribution >= 4 is 17.7 Å². The van der Waals surface area contributed by atoms with E-state index in [0.717, 1.165) is 5.69 Å². The summed E-state index contributed by atoms with van der Waals surface area (Å²) in [6.45, 7) is 3.91. The molecule has 0 unspecified atom stereocenters. The third-order valence-electron chi connectivity index (χ3n) is 3.17. The number of carboxylic acid groups (broad SMARTS) is 1. The van der Waals surface area contributed by atoms with Gasteiger partial charge in [0.2, 0.25) is 5.91 Å². The second-order valence-corrected chi connectivity index (χ2v) is 5.00. The van der Waals surface area contributed by atoms with E-state index in [2.05, 4.69) is 0 Å². The molecule has 1 N–H and O–H groups in total. The van der Waals surface area contributed by atoms with Crippen LogP contribution >= 0.6 is 0 Å². The zero-order valence-electron chi connectivity index (χ0n) is 10.5. The van der Waals surface area contributed by atoms with Crippen LogP contribution < -0.4 is 4.90 Å². The minimum Gasteiger partial charge on any atom is -0.465 e. The Bertz CT molecular complexity index is 470. The lowest BCUT2D eigenvalue weighted by Gasteiger charge is -2.45. The Morgan fingerprint density at radius 2 is 1.89 bits per heavy atom. The van der Waals surface area contributed by atoms with Crippen molar-refractivity contribution in [1.29, 1.82) is 0 Å². The largest absolute Gasteiger partial charge is 0.465 e. The summed E-state index contributed by atoms with van der Waals surface area (Å²) in [5.74, 6) is -0.192. The Balaban J connectivity index is 2.28. The molecule has 18 heavy (non-hydrogen) atoms. The Labute approximate surface area is 106 Å². The van der Waals surface area contributed by atoms with Crippen molar-refractivity contribution in [2.24, 2.45) is 0 Å². The van der Waals surface area contributed by atoms with E-state index in [1.165, 1.54) is 4.90 Å². The molecular weight excluding hydrogens is 232 g/mol. The first-order chi connectivity index (χ1) is 8.42. The van der Waals surface area contributed by atoms with Crippen LogP contribution in [0.2, 0.25) is 0 Å². The average Bonchev–Trinajstić information content (AvgIpc) is 2.32. The van der Waals surface area contributed by atoms with Gasteiger partial charge in [-0.15, -0.1) is 0 Å². The van der Waals surface area contributed by atoms with E-state index in [1.54, 1.807) is 4.90 Å². The van der Waals surface area contributed by atoms with Gasteiger partial charge >= 0.3 is 6.09 Å². The highest BCUT2D eigenvalue weighted by Crippen LogP contribution is 2.26. The maximum Gasteiger partial charge on any atom is 0.408 e. The minimum atomic E-state index is -1.05. The number of carbonyl (C=O) groups is 2. The quantitative estimate of drug-likeness (QED) is 0.824. The molecule has 1 fully saturated rings. The molecule has 0 radical (unpaired) electrons. The monoisotopic (exact) mass is 248 g/mol. The topological polar surface area (TPSA) is 60.9 Å². The summed E-state index contributed by atoms with van der Waals surface area (Å²) >= 11 is 0. The second kappa shape index (κ2) is 4.33. The van der Waals surface area contributed by atoms with Crippen molar-refractivity contribution in [3.8, 4) is 0 Å². The maximum atomic E-state index is 12.0. The number of para-hydroxylation sites is 1. The molecule has 5 heteroatoms. The number of hydrogen-bond acceptors (Lipinski definition) is 2. The average molecular weight is 248 g/mol. The van der Waals surface area contributed by atoms with E-state index < -0.39 is 11.6 Å². The zero-order valence-corrected chi connectivity index (χ0v) is 10.5. The number of piperazine rings is 1. The van der Waals surface area contributed by atoms with Gasteiger partial charge in [-0.05, 0) is 26.0 Å². The molecule has 1 aliphatic heterocycles. The molecule has 2 rings (SSSR count). The first-order valence-electron chi connectivity index (χ1n) is 5.78. The summed E-state index contributed by atoms with van der Waals surface area (Å²) < 4.78 is 0. The summed E-state index contributed by atoms with van der Waals surface area (Å²) in [4.78, 5) is 26.0. The Morgan fingerprint density at radius 1 is 1.28 bits per heavy atom. The smallest absolute Gasteiger partial charge is 0.408 e. The third kappa shape index (κ3) is 2.16. The van der Waals surface area contributed by atoms with Gasteiger partial charge in [-0.3, -0.25) is 9.69 Å². The molecule has 1 aliphatic rings. The van der Waals surface area contributed by atoms with E-state index in [-0.39, 0.29) is 12.5 Å². The van der Waals surface area contributed by atoms with Crippen LogP contribution in [0.25, 0.3) is 0 Å². The number of benzene rings is 1. The molecule has 0 atom stereocenters. The molecule has 0 spiro atoms. The van der Waals surface area contributed by atoms with Crippen molar-refractivity contribution < 1.29 is 14.7 Å². The highest BCUT2D eigenvalue weighted by Gasteiger charge is 2.41. The van der Waals surface area contributed by atoms with Crippen molar-refractivity contribution in [2.75, 3.05) is 18.0 Å². The van der Waals surface area contributed by atoms with Crippen molar-refractivity contribution in [3.63, 3.8) is 0 Å². The third-order valence-corrected chi connectivity index (χ3v) is 3.17. The van der Waals surface area contributed by atoms with Crippen LogP contribution in [0.5, 0.6) is 0 Å². The summed E-state index contributed by atoms with van der Waals surface area (Å²) in [7, 11) is 0. The van der Waals surface area contributed by atoms with E-state index in [0.29, 0.717) is 6.54 Å². The Hall–Kier alpha value is -2.04. The first-order valence-corrected chi connectivity index (χ1v) is 5.78. The van der Waals surface area contributed by atoms with Gasteiger partial charge in [0.05, 0.1) is 5.54 Å². The van der Waals surface area contributed by atoms with E-state index in [9.17, 15) is 9.59 Å². The lowest BCUT2D eigenvalue weighted by Crippen LogP contribution is -2.63. The molecule has 1 saturated heterocycles. The van der Waals surface area contributed by atoms with Crippen molar-refractivity contribution in [1.82, 2.24) is 4.90 Å². The van der Waals surface area contributed by atoms with Crippen LogP contribution in [0.3, 0.4) is 0 Å². The molecule has 1 aromatic carbocycles. The lowest BCUT2D eigenvalue weighted by atomic mass is 9.98. The summed E-state index contributed by atoms with van der Waals surface area (Å²) in [6, 6.07) is 9.31. The van der Waals surface area contributed by atoms with Crippen molar-refractivity contribution in [2.45, 2.75) is 19.4 Å². The number of nitrogens with zero attached hydrogens (tertiary/aromatic N) is 2. The maximum absolute atomic E-state index is 12.0. The van der Waals surface area contributed by atoms with Crippen molar-refractivity contribution in [3.05, 3.63) is 30.3 Å². The van der Waals surface area contributed by atoms with Gasteiger partial charge in [0, 0.05) is 12.2 Å². The molecule has 0 saturated carbocycles. The summed E-state index contributed by atoms with van der Waals surface area (Å²) in [6.07, 6.45) is -1.05. The fourth-order valence-electron chi connectivity index (χ4n) is 2.16. The van der Waals surface area contributed by atoms with Gasteiger partial charge in [-0.25, -0.2) is 4.79 Å². The molecule has 96 valence electrons. The number of amides is 2. The van der Waals surface area contributed by atoms with E-state index >= 15 is 0 Å². The summed E-state index contributed by atoms with van der Waals surface area (Å²) in [5.41, 5.74) is 0.218. The first kappa shape index (κ1) is 12.4. The number of rotatable bonds is 1. The van der Waals surface area contributed by atoms with Crippen LogP contribution in [0, 0.1) is 0 Å². The van der Waals surface area contributed by atoms with Gasteiger partial charge < -0.3 is 10.0 Å². The lowest BCUT2D eigenvalue weighted by molar-refractivity contribution is -0.123. The predicted octanol–water partition coefficient (Wildman–Crippen LogP) is 1.79. The van der Waals surface area contributed by atoms with Crippen LogP contribution in [0.1, 0.15) is 13.8 Å². The van der Waals surface area contributed by atoms with E-state index in [1.807, 2.05) is 44.2 Å². The molecule has 0 bridgehead atoms. The standard InChI is InChI=1S/C13H16N2O3/c1-13(2)9-14(10-6-4-3-5-7-10)11(16)8-15(13)12(17)18/h3-7H,8-9H2,1-2H3,(H,17,18). The minimum absolute atomic E-state index is 0.1000. The van der Waals surface area contributed by atoms with Gasteiger partial charge in [0.25, 0.3) is 0 Å². The predicted molar refractivity (Wildman–Crippen MR) is 67.6 cm³/mol. The molecule has 0 aromatic heterocycles. The van der Waals surface area contributed by atoms with Crippen LogP contribution in [-0.2, 0) is 4.79 Å². The van der Waals surface area contributed by atoms with Gasteiger partial charge in [0.1, 0.15) is 6.54 Å². The zero-order chi connectivity index (χ0) is 13.3. The van der Waals surface area contributed by atoms with Gasteiger partial charge in [-0.2, -0.15) is 0 Å². The Morgan fingerprint density at radius 3 is 2.44 bits per heavy atom. The second-order valence-electron chi connectivity index (χ2n) is 5.00. The fraction of sp³-hybridized carbons (Fsp3) is 0.385. The van der Waals surface area contributed by atoms with Gasteiger partial charge in [-0.1, -0.05) is 18.2 Å². The summed E-state index contributed by atoms with van der Waals surface area (Å²) in [5, 5.41) is 9.10. The highest BCUT2D eigenvalue weighted by atomic mass is 16.4. The number of hydrogen-bond donors (Lipinski definition) is 1. The molecule has 1 aromatic rings. The molecule has 5 nitrogen and oxygen atoms in total. The van der Waals surface area contributed by atoms with E-state index in [4.69, 9.17) is 5.11 Å². The molecule has 1 heterocycles.